The van der Waals surface area contributed by atoms with Gasteiger partial charge >= 0.3 is 0 Å². The number of nitrogens with zero attached hydrogens (tertiary/aromatic N) is 3. The Morgan fingerprint density at radius 1 is 1.62 bits per heavy atom. The fourth-order valence-corrected chi connectivity index (χ4v) is 2.21. The predicted octanol–water partition coefficient (Wildman–Crippen LogP) is 1.18. The average molecular weight is 243 g/mol. The summed E-state index contributed by atoms with van der Waals surface area (Å²) in [6.45, 7) is 2.61. The quantitative estimate of drug-likeness (QED) is 0.863. The minimum absolute atomic E-state index is 0.335. The van der Waals surface area contributed by atoms with Crippen molar-refractivity contribution in [3.63, 3.8) is 0 Å². The average Bonchev–Trinajstić information content (AvgIpc) is 2.71. The lowest BCUT2D eigenvalue weighted by atomic mass is 10.1. The van der Waals surface area contributed by atoms with Gasteiger partial charge < -0.3 is 15.4 Å². The number of aromatic nitrogens is 2. The molecule has 1 aromatic rings. The molecule has 1 aromatic heterocycles. The van der Waals surface area contributed by atoms with Gasteiger partial charge in [-0.25, -0.2) is 9.97 Å². The number of hydrogen-bond acceptors (Lipinski definition) is 5. The number of methoxy groups -OCH3 is 1. The van der Waals surface area contributed by atoms with E-state index in [1.165, 1.54) is 6.33 Å². The van der Waals surface area contributed by atoms with Gasteiger partial charge in [0.15, 0.2) is 5.82 Å². The molecule has 6 heteroatoms. The molecular weight excluding hydrogens is 228 g/mol. The topological polar surface area (TPSA) is 64.3 Å². The van der Waals surface area contributed by atoms with E-state index in [0.717, 1.165) is 31.9 Å². The Bertz CT molecular complexity index is 374. The molecule has 0 spiro atoms. The molecule has 1 fully saturated rings. The third-order valence-electron chi connectivity index (χ3n) is 2.79. The van der Waals surface area contributed by atoms with Crippen LogP contribution in [-0.2, 0) is 4.74 Å². The summed E-state index contributed by atoms with van der Waals surface area (Å²) in [6, 6.07) is 0. The van der Waals surface area contributed by atoms with Crippen molar-refractivity contribution in [2.75, 3.05) is 37.4 Å². The Balaban J connectivity index is 2.11. The van der Waals surface area contributed by atoms with Crippen molar-refractivity contribution in [1.82, 2.24) is 9.97 Å². The van der Waals surface area contributed by atoms with E-state index in [9.17, 15) is 0 Å². The molecule has 0 saturated carbocycles. The van der Waals surface area contributed by atoms with E-state index in [4.69, 9.17) is 22.1 Å². The van der Waals surface area contributed by atoms with Crippen LogP contribution in [0.4, 0.5) is 11.6 Å². The van der Waals surface area contributed by atoms with Crippen molar-refractivity contribution >= 4 is 23.2 Å². The van der Waals surface area contributed by atoms with Crippen molar-refractivity contribution in [1.29, 1.82) is 0 Å². The zero-order valence-corrected chi connectivity index (χ0v) is 9.94. The zero-order chi connectivity index (χ0) is 11.5. The minimum atomic E-state index is 0.335. The molecule has 2 rings (SSSR count). The number of ether oxygens (including phenoxy) is 1. The van der Waals surface area contributed by atoms with E-state index in [0.29, 0.717) is 16.8 Å². The van der Waals surface area contributed by atoms with Crippen LogP contribution < -0.4 is 10.6 Å². The molecular formula is C10H15ClN4O. The van der Waals surface area contributed by atoms with Crippen molar-refractivity contribution in [2.45, 2.75) is 6.42 Å². The second kappa shape index (κ2) is 4.84. The van der Waals surface area contributed by atoms with Gasteiger partial charge in [0.2, 0.25) is 0 Å². The van der Waals surface area contributed by atoms with Crippen LogP contribution >= 0.6 is 11.6 Å². The zero-order valence-electron chi connectivity index (χ0n) is 9.19. The monoisotopic (exact) mass is 242 g/mol. The van der Waals surface area contributed by atoms with Crippen LogP contribution in [0.3, 0.4) is 0 Å². The smallest absolute Gasteiger partial charge is 0.153 e. The summed E-state index contributed by atoms with van der Waals surface area (Å²) in [5.41, 5.74) is 5.65. The summed E-state index contributed by atoms with van der Waals surface area (Å²) in [5.74, 6) is 1.60. The van der Waals surface area contributed by atoms with Gasteiger partial charge in [-0.2, -0.15) is 0 Å². The summed E-state index contributed by atoms with van der Waals surface area (Å²) in [4.78, 5) is 10.2. The first-order chi connectivity index (χ1) is 7.72. The van der Waals surface area contributed by atoms with Crippen molar-refractivity contribution in [3.05, 3.63) is 11.3 Å². The van der Waals surface area contributed by atoms with Crippen LogP contribution in [0.2, 0.25) is 5.02 Å². The summed E-state index contributed by atoms with van der Waals surface area (Å²) < 4.78 is 5.15. The fourth-order valence-electron chi connectivity index (χ4n) is 1.99. The summed E-state index contributed by atoms with van der Waals surface area (Å²) >= 11 is 6.08. The highest BCUT2D eigenvalue weighted by molar-refractivity contribution is 6.35. The Labute approximate surface area is 99.6 Å². The van der Waals surface area contributed by atoms with Crippen molar-refractivity contribution < 1.29 is 4.74 Å². The Morgan fingerprint density at radius 3 is 3.19 bits per heavy atom. The molecule has 1 saturated heterocycles. The van der Waals surface area contributed by atoms with E-state index in [2.05, 4.69) is 14.9 Å². The molecule has 1 aliphatic heterocycles. The summed E-state index contributed by atoms with van der Waals surface area (Å²) in [7, 11) is 1.72. The van der Waals surface area contributed by atoms with Gasteiger partial charge in [0.05, 0.1) is 6.61 Å². The van der Waals surface area contributed by atoms with Crippen LogP contribution in [0, 0.1) is 5.92 Å². The van der Waals surface area contributed by atoms with Crippen molar-refractivity contribution in [2.24, 2.45) is 5.92 Å². The van der Waals surface area contributed by atoms with Crippen LogP contribution in [0.25, 0.3) is 0 Å². The largest absolute Gasteiger partial charge is 0.384 e. The lowest BCUT2D eigenvalue weighted by molar-refractivity contribution is 0.161. The van der Waals surface area contributed by atoms with Crippen LogP contribution in [0.15, 0.2) is 6.33 Å². The van der Waals surface area contributed by atoms with Gasteiger partial charge in [0.1, 0.15) is 17.2 Å². The second-order valence-corrected chi connectivity index (χ2v) is 4.33. The Hall–Kier alpha value is -1.07. The minimum Gasteiger partial charge on any atom is -0.384 e. The van der Waals surface area contributed by atoms with Crippen LogP contribution in [0.5, 0.6) is 0 Å². The third kappa shape index (κ3) is 2.20. The molecule has 0 amide bonds. The molecule has 1 unspecified atom stereocenters. The summed E-state index contributed by atoms with van der Waals surface area (Å²) in [5, 5.41) is 0.445. The number of nitrogen functional groups attached to an aromatic ring is 1. The molecule has 0 aromatic carbocycles. The molecule has 0 bridgehead atoms. The van der Waals surface area contributed by atoms with E-state index < -0.39 is 0 Å². The maximum Gasteiger partial charge on any atom is 0.153 e. The molecule has 1 atom stereocenters. The standard InChI is InChI=1S/C10H15ClN4O/c1-16-5-7-2-3-15(4-7)10-8(11)9(12)13-6-14-10/h6-7H,2-5H2,1H3,(H2,12,13,14). The van der Waals surface area contributed by atoms with Gasteiger partial charge in [-0.15, -0.1) is 0 Å². The number of hydrogen-bond donors (Lipinski definition) is 1. The number of halogens is 1. The highest BCUT2D eigenvalue weighted by Gasteiger charge is 2.25. The molecule has 88 valence electrons. The van der Waals surface area contributed by atoms with Gasteiger partial charge in [-0.05, 0) is 6.42 Å². The molecule has 5 nitrogen and oxygen atoms in total. The maximum absolute atomic E-state index is 6.08. The molecule has 1 aliphatic rings. The number of anilines is 2. The third-order valence-corrected chi connectivity index (χ3v) is 3.15. The van der Waals surface area contributed by atoms with E-state index in [1.807, 2.05) is 0 Å². The van der Waals surface area contributed by atoms with Gasteiger partial charge in [0, 0.05) is 26.1 Å². The summed E-state index contributed by atoms with van der Waals surface area (Å²) in [6.07, 6.45) is 2.54. The first kappa shape index (κ1) is 11.4. The molecule has 2 heterocycles. The number of nitrogens with two attached hydrogens (primary N) is 1. The molecule has 16 heavy (non-hydrogen) atoms. The lowest BCUT2D eigenvalue weighted by Crippen LogP contribution is -2.22. The SMILES string of the molecule is COCC1CCN(c2ncnc(N)c2Cl)C1. The van der Waals surface area contributed by atoms with Crippen molar-refractivity contribution in [3.8, 4) is 0 Å². The maximum atomic E-state index is 6.08. The molecule has 0 aliphatic carbocycles. The van der Waals surface area contributed by atoms with E-state index >= 15 is 0 Å². The second-order valence-electron chi connectivity index (χ2n) is 3.95. The van der Waals surface area contributed by atoms with E-state index in [1.54, 1.807) is 7.11 Å². The van der Waals surface area contributed by atoms with Gasteiger partial charge in [0.25, 0.3) is 0 Å². The molecule has 2 N–H and O–H groups in total. The Morgan fingerprint density at radius 2 is 2.44 bits per heavy atom. The Kier molecular flexibility index (Phi) is 3.46. The highest BCUT2D eigenvalue weighted by atomic mass is 35.5. The van der Waals surface area contributed by atoms with Crippen LogP contribution in [0.1, 0.15) is 6.42 Å². The lowest BCUT2D eigenvalue weighted by Gasteiger charge is -2.18. The predicted molar refractivity (Wildman–Crippen MR) is 63.7 cm³/mol. The molecule has 0 radical (unpaired) electrons. The normalized spacial score (nSPS) is 20.4. The van der Waals surface area contributed by atoms with Gasteiger partial charge in [-0.1, -0.05) is 11.6 Å². The first-order valence-electron chi connectivity index (χ1n) is 5.22. The van der Waals surface area contributed by atoms with E-state index in [-0.39, 0.29) is 0 Å². The van der Waals surface area contributed by atoms with Gasteiger partial charge in [-0.3, -0.25) is 0 Å². The highest BCUT2D eigenvalue weighted by Crippen LogP contribution is 2.30. The first-order valence-corrected chi connectivity index (χ1v) is 5.60. The van der Waals surface area contributed by atoms with Crippen LogP contribution in [-0.4, -0.2) is 36.8 Å². The fraction of sp³-hybridized carbons (Fsp3) is 0.600. The number of rotatable bonds is 3.